The van der Waals surface area contributed by atoms with Crippen LogP contribution in [0.25, 0.3) is 11.1 Å². The van der Waals surface area contributed by atoms with Gasteiger partial charge in [0.25, 0.3) is 0 Å². The van der Waals surface area contributed by atoms with Gasteiger partial charge in [-0.1, -0.05) is 0 Å². The normalized spacial score (nSPS) is 21.9. The van der Waals surface area contributed by atoms with E-state index in [1.165, 1.54) is 13.3 Å². The number of nitrogens with two attached hydrogens (primary N) is 2. The van der Waals surface area contributed by atoms with Crippen LogP contribution in [0.3, 0.4) is 0 Å². The molecule has 2 saturated heterocycles. The van der Waals surface area contributed by atoms with Crippen LogP contribution < -0.4 is 16.4 Å². The van der Waals surface area contributed by atoms with Crippen LogP contribution in [0.5, 0.6) is 0 Å². The lowest BCUT2D eigenvalue weighted by Gasteiger charge is -2.42. The van der Waals surface area contributed by atoms with Gasteiger partial charge in [-0.05, 0) is 45.7 Å². The molecule has 9 heteroatoms. The van der Waals surface area contributed by atoms with Crippen molar-refractivity contribution in [3.63, 3.8) is 0 Å². The minimum Gasteiger partial charge on any atom is -0.483 e. The molecule has 0 saturated carbocycles. The van der Waals surface area contributed by atoms with Gasteiger partial charge in [0.05, 0.1) is 30.4 Å². The van der Waals surface area contributed by atoms with E-state index < -0.39 is 5.60 Å². The van der Waals surface area contributed by atoms with Crippen molar-refractivity contribution in [1.82, 2.24) is 14.5 Å². The number of hydrogen-bond acceptors (Lipinski definition) is 7. The number of fused-ring (bicyclic) bond motifs is 3. The van der Waals surface area contributed by atoms with E-state index >= 15 is 0 Å². The Labute approximate surface area is 188 Å². The number of methoxy groups -OCH3 is 1. The molecule has 4 N–H and O–H groups in total. The summed E-state index contributed by atoms with van der Waals surface area (Å²) in [6.07, 6.45) is 8.65. The molecule has 0 aliphatic carbocycles. The van der Waals surface area contributed by atoms with E-state index in [1.54, 1.807) is 12.3 Å². The van der Waals surface area contributed by atoms with E-state index in [0.717, 1.165) is 48.3 Å². The molecule has 172 valence electrons. The van der Waals surface area contributed by atoms with Gasteiger partial charge in [0.1, 0.15) is 5.60 Å². The van der Waals surface area contributed by atoms with E-state index in [1.807, 2.05) is 48.5 Å². The summed E-state index contributed by atoms with van der Waals surface area (Å²) in [5, 5.41) is 4.46. The van der Waals surface area contributed by atoms with Gasteiger partial charge in [0, 0.05) is 48.9 Å². The van der Waals surface area contributed by atoms with E-state index in [-0.39, 0.29) is 24.1 Å². The SMILES string of the molecule is CO/C(N)=C/C(=C\N)c1cc2c(N3CC4CCC(C3)N4C(=O)OC(C)(C)C)ccnn2c1. The van der Waals surface area contributed by atoms with Gasteiger partial charge >= 0.3 is 6.09 Å². The zero-order valence-corrected chi connectivity index (χ0v) is 19.1. The average Bonchev–Trinajstić information content (AvgIpc) is 3.28. The number of ether oxygens (including phenoxy) is 2. The molecule has 2 aliphatic rings. The number of amides is 1. The Bertz CT molecular complexity index is 1050. The summed E-state index contributed by atoms with van der Waals surface area (Å²) >= 11 is 0. The number of allylic oxidation sites excluding steroid dienone is 2. The number of nitrogens with zero attached hydrogens (tertiary/aromatic N) is 4. The van der Waals surface area contributed by atoms with Gasteiger partial charge in [-0.25, -0.2) is 9.31 Å². The second-order valence-corrected chi connectivity index (χ2v) is 9.33. The Kier molecular flexibility index (Phi) is 5.66. The van der Waals surface area contributed by atoms with Gasteiger partial charge in [-0.2, -0.15) is 5.10 Å². The lowest BCUT2D eigenvalue weighted by atomic mass is 10.1. The largest absolute Gasteiger partial charge is 0.483 e. The molecule has 4 heterocycles. The number of carbonyl (C=O) groups excluding carboxylic acids is 1. The van der Waals surface area contributed by atoms with Crippen molar-refractivity contribution in [3.8, 4) is 0 Å². The number of hydrogen-bond donors (Lipinski definition) is 2. The van der Waals surface area contributed by atoms with Crippen LogP contribution in [0, 0.1) is 0 Å². The van der Waals surface area contributed by atoms with Gasteiger partial charge in [-0.15, -0.1) is 0 Å². The molecule has 2 bridgehead atoms. The number of carbonyl (C=O) groups is 1. The summed E-state index contributed by atoms with van der Waals surface area (Å²) in [4.78, 5) is 17.1. The quantitative estimate of drug-likeness (QED) is 0.555. The lowest BCUT2D eigenvalue weighted by molar-refractivity contribution is 0.0123. The molecule has 0 aromatic carbocycles. The molecule has 2 aromatic rings. The second-order valence-electron chi connectivity index (χ2n) is 9.33. The second kappa shape index (κ2) is 8.29. The van der Waals surface area contributed by atoms with E-state index in [2.05, 4.69) is 10.00 Å². The fourth-order valence-corrected chi connectivity index (χ4v) is 4.58. The van der Waals surface area contributed by atoms with Gasteiger partial charge in [0.15, 0.2) is 5.88 Å². The zero-order chi connectivity index (χ0) is 23.0. The Morgan fingerprint density at radius 3 is 2.53 bits per heavy atom. The molecule has 2 fully saturated rings. The summed E-state index contributed by atoms with van der Waals surface area (Å²) in [6.45, 7) is 7.22. The molecule has 0 radical (unpaired) electrons. The van der Waals surface area contributed by atoms with Crippen LogP contribution in [0.1, 0.15) is 39.2 Å². The highest BCUT2D eigenvalue weighted by Crippen LogP contribution is 2.36. The Balaban J connectivity index is 1.60. The third kappa shape index (κ3) is 4.19. The number of anilines is 1. The monoisotopic (exact) mass is 440 g/mol. The summed E-state index contributed by atoms with van der Waals surface area (Å²) in [6, 6.07) is 4.33. The molecule has 9 nitrogen and oxygen atoms in total. The summed E-state index contributed by atoms with van der Waals surface area (Å²) in [5.41, 5.74) is 14.8. The van der Waals surface area contributed by atoms with Crippen molar-refractivity contribution >= 4 is 22.9 Å². The maximum atomic E-state index is 12.8. The van der Waals surface area contributed by atoms with Crippen molar-refractivity contribution in [3.05, 3.63) is 48.2 Å². The van der Waals surface area contributed by atoms with E-state index in [9.17, 15) is 4.79 Å². The van der Waals surface area contributed by atoms with Crippen LogP contribution in [0.4, 0.5) is 10.5 Å². The molecular weight excluding hydrogens is 408 g/mol. The first-order valence-electron chi connectivity index (χ1n) is 10.9. The van der Waals surface area contributed by atoms with Gasteiger partial charge < -0.3 is 25.8 Å². The van der Waals surface area contributed by atoms with E-state index in [0.29, 0.717) is 0 Å². The molecule has 32 heavy (non-hydrogen) atoms. The van der Waals surface area contributed by atoms with Gasteiger partial charge in [-0.3, -0.25) is 4.90 Å². The van der Waals surface area contributed by atoms with Gasteiger partial charge in [0.2, 0.25) is 0 Å². The maximum Gasteiger partial charge on any atom is 0.410 e. The first kappa shape index (κ1) is 21.9. The van der Waals surface area contributed by atoms with Crippen LogP contribution >= 0.6 is 0 Å². The summed E-state index contributed by atoms with van der Waals surface area (Å²) < 4.78 is 12.6. The average molecular weight is 441 g/mol. The predicted molar refractivity (Wildman–Crippen MR) is 124 cm³/mol. The van der Waals surface area contributed by atoms with Crippen LogP contribution in [0.2, 0.25) is 0 Å². The van der Waals surface area contributed by atoms with Crippen LogP contribution in [-0.2, 0) is 9.47 Å². The highest BCUT2D eigenvalue weighted by Gasteiger charge is 2.44. The number of rotatable bonds is 4. The highest BCUT2D eigenvalue weighted by molar-refractivity contribution is 5.82. The van der Waals surface area contributed by atoms with Crippen molar-refractivity contribution in [2.45, 2.75) is 51.3 Å². The lowest BCUT2D eigenvalue weighted by Crippen LogP contribution is -2.56. The Morgan fingerprint density at radius 1 is 1.25 bits per heavy atom. The summed E-state index contributed by atoms with van der Waals surface area (Å²) in [5.74, 6) is 0.278. The molecule has 2 atom stereocenters. The van der Waals surface area contributed by atoms with Crippen molar-refractivity contribution in [2.75, 3.05) is 25.1 Å². The fourth-order valence-electron chi connectivity index (χ4n) is 4.58. The van der Waals surface area contributed by atoms with Crippen LogP contribution in [0.15, 0.2) is 42.7 Å². The topological polar surface area (TPSA) is 111 Å². The van der Waals surface area contributed by atoms with Crippen molar-refractivity contribution in [2.24, 2.45) is 11.5 Å². The molecule has 2 aromatic heterocycles. The smallest absolute Gasteiger partial charge is 0.410 e. The number of aromatic nitrogens is 2. The molecule has 0 spiro atoms. The summed E-state index contributed by atoms with van der Waals surface area (Å²) in [7, 11) is 1.51. The highest BCUT2D eigenvalue weighted by atomic mass is 16.6. The molecule has 2 aliphatic heterocycles. The Morgan fingerprint density at radius 2 is 1.94 bits per heavy atom. The molecular formula is C23H32N6O3. The Hall–Kier alpha value is -3.36. The molecule has 2 unspecified atom stereocenters. The minimum atomic E-state index is -0.498. The maximum absolute atomic E-state index is 12.8. The van der Waals surface area contributed by atoms with Crippen molar-refractivity contribution in [1.29, 1.82) is 0 Å². The first-order valence-corrected chi connectivity index (χ1v) is 10.9. The fraction of sp³-hybridized carbons (Fsp3) is 0.478. The molecule has 4 rings (SSSR count). The van der Waals surface area contributed by atoms with Crippen LogP contribution in [-0.4, -0.2) is 58.5 Å². The molecule has 1 amide bonds. The predicted octanol–water partition coefficient (Wildman–Crippen LogP) is 2.67. The van der Waals surface area contributed by atoms with Crippen molar-refractivity contribution < 1.29 is 14.3 Å². The first-order chi connectivity index (χ1) is 15.2. The zero-order valence-electron chi connectivity index (χ0n) is 19.1. The van der Waals surface area contributed by atoms with E-state index in [4.69, 9.17) is 20.9 Å². The third-order valence-electron chi connectivity index (χ3n) is 5.96. The third-order valence-corrected chi connectivity index (χ3v) is 5.96. The number of piperazine rings is 1. The minimum absolute atomic E-state index is 0.134. The standard InChI is InChI=1S/C23H32N6O3/c1-23(2,3)32-22(30)29-17-5-6-18(29)14-27(13-17)19-7-8-26-28-12-16(9-20(19)28)15(11-24)10-21(25)31-4/h7-12,17-18H,5-6,13-14,24-25H2,1-4H3/b15-11+,21-10+.